The Morgan fingerprint density at radius 2 is 2.05 bits per heavy atom. The van der Waals surface area contributed by atoms with Crippen LogP contribution in [-0.4, -0.2) is 38.1 Å². The van der Waals surface area contributed by atoms with Gasteiger partial charge in [-0.15, -0.1) is 0 Å². The SMILES string of the molecule is C/C(O)=c1\cc(C(=O)Nc2cc(COC3CCCCO3)cc(-c3cnn(C)c3)c2F)c2cc(=O)c(F)cn12. The lowest BCUT2D eigenvalue weighted by Crippen LogP contribution is -2.22. The third-order valence-electron chi connectivity index (χ3n) is 6.41. The van der Waals surface area contributed by atoms with Crippen molar-refractivity contribution >= 4 is 22.9 Å². The van der Waals surface area contributed by atoms with E-state index in [-0.39, 0.29) is 46.3 Å². The van der Waals surface area contributed by atoms with Gasteiger partial charge in [0.15, 0.2) is 17.9 Å². The highest BCUT2D eigenvalue weighted by molar-refractivity contribution is 6.09. The molecule has 1 atom stereocenters. The number of aryl methyl sites for hydroxylation is 1. The highest BCUT2D eigenvalue weighted by Gasteiger charge is 2.21. The molecule has 38 heavy (non-hydrogen) atoms. The number of carbonyl (C=O) groups is 1. The molecule has 3 aromatic heterocycles. The number of nitrogens with zero attached hydrogens (tertiary/aromatic N) is 3. The zero-order valence-electron chi connectivity index (χ0n) is 20.8. The number of ether oxygens (including phenoxy) is 2. The second kappa shape index (κ2) is 10.3. The number of aromatic nitrogens is 3. The van der Waals surface area contributed by atoms with E-state index in [1.165, 1.54) is 34.3 Å². The number of anilines is 1. The zero-order valence-corrected chi connectivity index (χ0v) is 20.8. The second-order valence-electron chi connectivity index (χ2n) is 9.24. The molecular formula is C27H26F2N4O5. The van der Waals surface area contributed by atoms with Crippen molar-refractivity contribution in [1.82, 2.24) is 14.2 Å². The summed E-state index contributed by atoms with van der Waals surface area (Å²) in [6.07, 6.45) is 6.42. The van der Waals surface area contributed by atoms with E-state index in [0.29, 0.717) is 17.7 Å². The minimum atomic E-state index is -1.04. The van der Waals surface area contributed by atoms with E-state index in [1.807, 2.05) is 0 Å². The third kappa shape index (κ3) is 5.02. The molecule has 1 saturated heterocycles. The Bertz CT molecular complexity index is 1640. The monoisotopic (exact) mass is 524 g/mol. The van der Waals surface area contributed by atoms with E-state index in [1.54, 1.807) is 19.3 Å². The van der Waals surface area contributed by atoms with Crippen LogP contribution in [0, 0.1) is 11.6 Å². The fourth-order valence-electron chi connectivity index (χ4n) is 4.51. The van der Waals surface area contributed by atoms with Crippen LogP contribution in [0.15, 0.2) is 47.7 Å². The first-order valence-corrected chi connectivity index (χ1v) is 12.1. The quantitative estimate of drug-likeness (QED) is 0.399. The van der Waals surface area contributed by atoms with Gasteiger partial charge in [-0.2, -0.15) is 5.10 Å². The molecule has 0 saturated carbocycles. The molecule has 11 heteroatoms. The lowest BCUT2D eigenvalue weighted by Gasteiger charge is -2.23. The molecule has 2 N–H and O–H groups in total. The van der Waals surface area contributed by atoms with Crippen molar-refractivity contribution in [2.24, 2.45) is 7.05 Å². The number of hydrogen-bond donors (Lipinski definition) is 2. The van der Waals surface area contributed by atoms with Gasteiger partial charge in [-0.1, -0.05) is 0 Å². The molecule has 0 spiro atoms. The van der Waals surface area contributed by atoms with Gasteiger partial charge in [0, 0.05) is 43.2 Å². The second-order valence-corrected chi connectivity index (χ2v) is 9.24. The van der Waals surface area contributed by atoms with E-state index < -0.39 is 23.0 Å². The van der Waals surface area contributed by atoms with Gasteiger partial charge in [-0.25, -0.2) is 8.78 Å². The van der Waals surface area contributed by atoms with Crippen molar-refractivity contribution in [3.05, 3.63) is 81.2 Å². The summed E-state index contributed by atoms with van der Waals surface area (Å²) in [4.78, 5) is 25.3. The number of carbonyl (C=O) groups excluding carboxylic acids is 1. The molecule has 5 rings (SSSR count). The van der Waals surface area contributed by atoms with Crippen LogP contribution in [0.25, 0.3) is 22.4 Å². The van der Waals surface area contributed by atoms with E-state index in [2.05, 4.69) is 10.4 Å². The molecule has 1 amide bonds. The number of fused-ring (bicyclic) bond motifs is 1. The maximum Gasteiger partial charge on any atom is 0.257 e. The predicted molar refractivity (Wildman–Crippen MR) is 135 cm³/mol. The summed E-state index contributed by atoms with van der Waals surface area (Å²) in [6.45, 7) is 2.10. The van der Waals surface area contributed by atoms with Crippen molar-refractivity contribution in [3.8, 4) is 11.1 Å². The molecule has 0 radical (unpaired) electrons. The average molecular weight is 525 g/mol. The van der Waals surface area contributed by atoms with Crippen molar-refractivity contribution < 1.29 is 28.2 Å². The van der Waals surface area contributed by atoms with Gasteiger partial charge in [-0.3, -0.25) is 14.3 Å². The number of rotatable bonds is 6. The number of nitrogens with one attached hydrogen (secondary N) is 1. The van der Waals surface area contributed by atoms with Crippen LogP contribution in [0.3, 0.4) is 0 Å². The molecule has 1 aliphatic rings. The molecule has 1 fully saturated rings. The molecule has 0 bridgehead atoms. The smallest absolute Gasteiger partial charge is 0.257 e. The van der Waals surface area contributed by atoms with Crippen LogP contribution >= 0.6 is 0 Å². The molecule has 1 aliphatic heterocycles. The molecule has 1 aromatic carbocycles. The molecule has 1 unspecified atom stereocenters. The van der Waals surface area contributed by atoms with Crippen molar-refractivity contribution in [2.45, 2.75) is 39.1 Å². The molecule has 9 nitrogen and oxygen atoms in total. The zero-order chi connectivity index (χ0) is 27.0. The van der Waals surface area contributed by atoms with Gasteiger partial charge in [0.25, 0.3) is 5.91 Å². The lowest BCUT2D eigenvalue weighted by molar-refractivity contribution is -0.168. The van der Waals surface area contributed by atoms with Gasteiger partial charge < -0.3 is 24.3 Å². The highest BCUT2D eigenvalue weighted by Crippen LogP contribution is 2.31. The van der Waals surface area contributed by atoms with Crippen molar-refractivity contribution in [3.63, 3.8) is 0 Å². The van der Waals surface area contributed by atoms with E-state index >= 15 is 4.39 Å². The van der Waals surface area contributed by atoms with Crippen molar-refractivity contribution in [2.75, 3.05) is 11.9 Å². The van der Waals surface area contributed by atoms with E-state index in [9.17, 15) is 19.1 Å². The molecule has 198 valence electrons. The summed E-state index contributed by atoms with van der Waals surface area (Å²) >= 11 is 0. The summed E-state index contributed by atoms with van der Waals surface area (Å²) in [5, 5.41) is 16.9. The number of amides is 1. The summed E-state index contributed by atoms with van der Waals surface area (Å²) in [5.41, 5.74) is 0.315. The summed E-state index contributed by atoms with van der Waals surface area (Å²) in [7, 11) is 1.71. The van der Waals surface area contributed by atoms with Crippen LogP contribution in [0.1, 0.15) is 42.1 Å². The Kier molecular flexibility index (Phi) is 6.96. The van der Waals surface area contributed by atoms with Crippen LogP contribution in [0.5, 0.6) is 0 Å². The number of pyridine rings is 1. The van der Waals surface area contributed by atoms with Crippen LogP contribution in [0.4, 0.5) is 14.5 Å². The summed E-state index contributed by atoms with van der Waals surface area (Å²) < 4.78 is 43.9. The van der Waals surface area contributed by atoms with E-state index in [0.717, 1.165) is 31.5 Å². The van der Waals surface area contributed by atoms with Gasteiger partial charge in [0.2, 0.25) is 5.43 Å². The first-order valence-electron chi connectivity index (χ1n) is 12.1. The Hall–Kier alpha value is -4.09. The third-order valence-corrected chi connectivity index (χ3v) is 6.41. The average Bonchev–Trinajstić information content (AvgIpc) is 3.49. The maximum absolute atomic E-state index is 15.7. The Labute approximate surface area is 215 Å². The van der Waals surface area contributed by atoms with Gasteiger partial charge >= 0.3 is 0 Å². The Morgan fingerprint density at radius 1 is 1.24 bits per heavy atom. The molecule has 0 aliphatic carbocycles. The Balaban J connectivity index is 1.53. The van der Waals surface area contributed by atoms with Crippen molar-refractivity contribution in [1.29, 1.82) is 0 Å². The lowest BCUT2D eigenvalue weighted by atomic mass is 10.0. The first kappa shape index (κ1) is 25.6. The Morgan fingerprint density at radius 3 is 2.74 bits per heavy atom. The fourth-order valence-corrected chi connectivity index (χ4v) is 4.51. The number of aliphatic hydroxyl groups is 1. The summed E-state index contributed by atoms with van der Waals surface area (Å²) in [5.74, 6) is -2.66. The van der Waals surface area contributed by atoms with Crippen LogP contribution in [-0.2, 0) is 23.1 Å². The number of halogens is 2. The van der Waals surface area contributed by atoms with Gasteiger partial charge in [-0.05, 0) is 49.9 Å². The topological polar surface area (TPSA) is 107 Å². The molecule has 4 heterocycles. The normalized spacial score (nSPS) is 16.6. The number of benzene rings is 1. The van der Waals surface area contributed by atoms with Gasteiger partial charge in [0.1, 0.15) is 5.76 Å². The standard InChI is InChI=1S/C27H26F2N4O5/c1-15(34)22-9-19(23-10-24(35)20(28)13-33(22)23)27(36)31-21-8-16(14-38-25-5-3-4-6-37-25)7-18(26(21)29)17-11-30-32(2)12-17/h7-13,25,34H,3-6,14H2,1-2H3,(H,31,36)/b22-15-. The summed E-state index contributed by atoms with van der Waals surface area (Å²) in [6, 6.07) is 5.37. The minimum Gasteiger partial charge on any atom is -0.510 e. The fraction of sp³-hybridized carbons (Fsp3) is 0.296. The molecular weight excluding hydrogens is 498 g/mol. The molecule has 4 aromatic rings. The maximum atomic E-state index is 15.7. The number of aliphatic hydroxyl groups excluding tert-OH is 1. The predicted octanol–water partition coefficient (Wildman–Crippen LogP) is 3.68. The number of hydrogen-bond acceptors (Lipinski definition) is 6. The largest absolute Gasteiger partial charge is 0.510 e. The van der Waals surface area contributed by atoms with E-state index in [4.69, 9.17) is 9.47 Å². The van der Waals surface area contributed by atoms with Gasteiger partial charge in [0.05, 0.1) is 34.9 Å². The highest BCUT2D eigenvalue weighted by atomic mass is 19.1. The first-order chi connectivity index (χ1) is 18.2. The van der Waals surface area contributed by atoms with Crippen LogP contribution < -0.4 is 16.1 Å². The van der Waals surface area contributed by atoms with Crippen LogP contribution in [0.2, 0.25) is 0 Å². The minimum absolute atomic E-state index is 0.0370.